The molecule has 4 rings (SSSR count). The highest BCUT2D eigenvalue weighted by Gasteiger charge is 2.20. The first kappa shape index (κ1) is 19.4. The Balaban J connectivity index is 1.50. The van der Waals surface area contributed by atoms with Gasteiger partial charge in [0, 0.05) is 23.4 Å². The van der Waals surface area contributed by atoms with Crippen molar-refractivity contribution in [2.24, 2.45) is 0 Å². The van der Waals surface area contributed by atoms with Crippen LogP contribution in [0.1, 0.15) is 28.4 Å². The number of carbonyl (C=O) groups excluding carboxylic acids is 1. The van der Waals surface area contributed by atoms with Gasteiger partial charge in [0.1, 0.15) is 0 Å². The maximum Gasteiger partial charge on any atom is 0.214 e. The molecule has 1 aliphatic heterocycles. The molecule has 0 amide bonds. The normalized spacial score (nSPS) is 12.6. The number of nitrogens with zero attached hydrogens (tertiary/aromatic N) is 4. The van der Waals surface area contributed by atoms with E-state index in [0.717, 1.165) is 33.8 Å². The highest BCUT2D eigenvalue weighted by molar-refractivity contribution is 7.99. The lowest BCUT2D eigenvalue weighted by molar-refractivity contribution is 0.102. The van der Waals surface area contributed by atoms with Crippen LogP contribution in [0.3, 0.4) is 0 Å². The lowest BCUT2D eigenvalue weighted by Crippen LogP contribution is -2.06. The first-order valence-electron chi connectivity index (χ1n) is 8.90. The Morgan fingerprint density at radius 2 is 2.07 bits per heavy atom. The molecule has 2 aromatic carbocycles. The van der Waals surface area contributed by atoms with E-state index in [-0.39, 0.29) is 11.5 Å². The van der Waals surface area contributed by atoms with Gasteiger partial charge in [0.2, 0.25) is 5.16 Å². The number of hydrogen-bond acceptors (Lipinski definition) is 6. The SMILES string of the molecule is C=C1Cc2cc(C(=O)CSc3nnnn3-c3ccc(C(=C)C)cc3)c(Cl)cc2N1. The summed E-state index contributed by atoms with van der Waals surface area (Å²) in [7, 11) is 0. The highest BCUT2D eigenvalue weighted by Crippen LogP contribution is 2.33. The molecule has 0 spiro atoms. The van der Waals surface area contributed by atoms with Crippen LogP contribution in [-0.2, 0) is 6.42 Å². The molecular formula is C21H18ClN5OS. The van der Waals surface area contributed by atoms with E-state index in [2.05, 4.69) is 34.0 Å². The smallest absolute Gasteiger partial charge is 0.214 e. The van der Waals surface area contributed by atoms with Gasteiger partial charge in [-0.25, -0.2) is 0 Å². The van der Waals surface area contributed by atoms with E-state index >= 15 is 0 Å². The summed E-state index contributed by atoms with van der Waals surface area (Å²) in [5.41, 5.74) is 6.18. The minimum Gasteiger partial charge on any atom is -0.359 e. The van der Waals surface area contributed by atoms with Gasteiger partial charge in [-0.05, 0) is 52.7 Å². The fourth-order valence-electron chi connectivity index (χ4n) is 3.08. The molecule has 0 fully saturated rings. The molecule has 1 aliphatic rings. The number of fused-ring (bicyclic) bond motifs is 1. The van der Waals surface area contributed by atoms with Crippen molar-refractivity contribution in [3.63, 3.8) is 0 Å². The first-order chi connectivity index (χ1) is 13.9. The largest absolute Gasteiger partial charge is 0.359 e. The lowest BCUT2D eigenvalue weighted by Gasteiger charge is -2.08. The number of nitrogens with one attached hydrogen (secondary N) is 1. The number of ketones is 1. The minimum atomic E-state index is -0.0764. The molecule has 0 bridgehead atoms. The third kappa shape index (κ3) is 3.97. The molecule has 8 heteroatoms. The Morgan fingerprint density at radius 3 is 2.79 bits per heavy atom. The van der Waals surface area contributed by atoms with Crippen LogP contribution < -0.4 is 5.32 Å². The Kier molecular flexibility index (Phi) is 5.25. The summed E-state index contributed by atoms with van der Waals surface area (Å²) in [6.45, 7) is 9.81. The summed E-state index contributed by atoms with van der Waals surface area (Å²) >= 11 is 7.60. The predicted octanol–water partition coefficient (Wildman–Crippen LogP) is 4.81. The number of anilines is 1. The van der Waals surface area contributed by atoms with Crippen LogP contribution in [0.5, 0.6) is 0 Å². The number of hydrogen-bond donors (Lipinski definition) is 1. The van der Waals surface area contributed by atoms with Crippen molar-refractivity contribution < 1.29 is 4.79 Å². The fourth-order valence-corrected chi connectivity index (χ4v) is 4.13. The van der Waals surface area contributed by atoms with Crippen molar-refractivity contribution in [2.45, 2.75) is 18.5 Å². The fraction of sp³-hybridized carbons (Fsp3) is 0.143. The predicted molar refractivity (Wildman–Crippen MR) is 117 cm³/mol. The average molecular weight is 424 g/mol. The summed E-state index contributed by atoms with van der Waals surface area (Å²) < 4.78 is 1.61. The van der Waals surface area contributed by atoms with Gasteiger partial charge in [-0.1, -0.05) is 54.2 Å². The van der Waals surface area contributed by atoms with E-state index in [9.17, 15) is 4.79 Å². The molecule has 6 nitrogen and oxygen atoms in total. The Hall–Kier alpha value is -2.90. The molecule has 29 heavy (non-hydrogen) atoms. The monoisotopic (exact) mass is 423 g/mol. The topological polar surface area (TPSA) is 72.7 Å². The van der Waals surface area contributed by atoms with Crippen LogP contribution in [0.15, 0.2) is 60.4 Å². The maximum absolute atomic E-state index is 12.8. The molecule has 146 valence electrons. The van der Waals surface area contributed by atoms with Crippen LogP contribution in [-0.4, -0.2) is 31.7 Å². The van der Waals surface area contributed by atoms with E-state index in [1.807, 2.05) is 37.3 Å². The second-order valence-electron chi connectivity index (χ2n) is 6.81. The number of thioether (sulfide) groups is 1. The van der Waals surface area contributed by atoms with Crippen LogP contribution in [0.4, 0.5) is 5.69 Å². The second-order valence-corrected chi connectivity index (χ2v) is 8.16. The summed E-state index contributed by atoms with van der Waals surface area (Å²) in [6.07, 6.45) is 0.693. The summed E-state index contributed by atoms with van der Waals surface area (Å²) in [5, 5.41) is 16.0. The van der Waals surface area contributed by atoms with Gasteiger partial charge in [-0.2, -0.15) is 4.68 Å². The van der Waals surface area contributed by atoms with Crippen molar-refractivity contribution in [2.75, 3.05) is 11.1 Å². The molecule has 0 aliphatic carbocycles. The summed E-state index contributed by atoms with van der Waals surface area (Å²) in [6, 6.07) is 11.4. The van der Waals surface area contributed by atoms with Crippen LogP contribution in [0, 0.1) is 0 Å². The Labute approximate surface area is 177 Å². The molecule has 1 N–H and O–H groups in total. The zero-order chi connectivity index (χ0) is 20.5. The van der Waals surface area contributed by atoms with Gasteiger partial charge in [0.25, 0.3) is 0 Å². The number of rotatable bonds is 6. The number of tetrazole rings is 1. The summed E-state index contributed by atoms with van der Waals surface area (Å²) in [4.78, 5) is 12.8. The van der Waals surface area contributed by atoms with Crippen molar-refractivity contribution in [1.29, 1.82) is 0 Å². The minimum absolute atomic E-state index is 0.0764. The molecule has 0 unspecified atom stereocenters. The third-order valence-electron chi connectivity index (χ3n) is 4.59. The molecule has 3 aromatic rings. The Morgan fingerprint density at radius 1 is 1.31 bits per heavy atom. The van der Waals surface area contributed by atoms with Gasteiger partial charge in [0.15, 0.2) is 5.78 Å². The number of Topliss-reactive ketones (excluding diaryl/α,β-unsaturated/α-hetero) is 1. The van der Waals surface area contributed by atoms with Gasteiger partial charge >= 0.3 is 0 Å². The van der Waals surface area contributed by atoms with Crippen molar-refractivity contribution in [1.82, 2.24) is 20.2 Å². The number of allylic oxidation sites excluding steroid dienone is 2. The standard InChI is InChI=1S/C21H18ClN5OS/c1-12(2)14-4-6-16(7-5-14)27-21(24-25-26-27)29-11-20(28)17-9-15-8-13(3)23-19(15)10-18(17)22/h4-7,9-10,23H,1,3,8,11H2,2H3. The van der Waals surface area contributed by atoms with E-state index in [0.29, 0.717) is 22.2 Å². The number of aromatic nitrogens is 4. The van der Waals surface area contributed by atoms with E-state index in [1.165, 1.54) is 11.8 Å². The molecule has 2 heterocycles. The highest BCUT2D eigenvalue weighted by atomic mass is 35.5. The van der Waals surface area contributed by atoms with E-state index in [1.54, 1.807) is 10.7 Å². The maximum atomic E-state index is 12.8. The first-order valence-corrected chi connectivity index (χ1v) is 10.3. The van der Waals surface area contributed by atoms with Crippen LogP contribution in [0.2, 0.25) is 5.02 Å². The third-order valence-corrected chi connectivity index (χ3v) is 5.82. The molecule has 0 saturated carbocycles. The molecule has 0 radical (unpaired) electrons. The Bertz CT molecular complexity index is 1140. The van der Waals surface area contributed by atoms with Crippen molar-refractivity contribution in [3.05, 3.63) is 77.0 Å². The molecule has 1 aromatic heterocycles. The van der Waals surface area contributed by atoms with Gasteiger partial charge < -0.3 is 5.32 Å². The van der Waals surface area contributed by atoms with E-state index in [4.69, 9.17) is 11.6 Å². The van der Waals surface area contributed by atoms with Gasteiger partial charge in [-0.3, -0.25) is 4.79 Å². The molecule has 0 saturated heterocycles. The molecular weight excluding hydrogens is 406 g/mol. The zero-order valence-electron chi connectivity index (χ0n) is 15.8. The number of benzene rings is 2. The van der Waals surface area contributed by atoms with Crippen molar-refractivity contribution >= 4 is 40.4 Å². The van der Waals surface area contributed by atoms with Crippen molar-refractivity contribution in [3.8, 4) is 5.69 Å². The van der Waals surface area contributed by atoms with Crippen LogP contribution >= 0.6 is 23.4 Å². The molecule has 0 atom stereocenters. The number of halogens is 1. The van der Waals surface area contributed by atoms with E-state index < -0.39 is 0 Å². The van der Waals surface area contributed by atoms with Gasteiger partial charge in [-0.15, -0.1) is 5.10 Å². The summed E-state index contributed by atoms with van der Waals surface area (Å²) in [5.74, 6) is 0.101. The van der Waals surface area contributed by atoms with Crippen LogP contribution in [0.25, 0.3) is 11.3 Å². The average Bonchev–Trinajstić information content (AvgIpc) is 3.30. The lowest BCUT2D eigenvalue weighted by atomic mass is 10.1. The number of carbonyl (C=O) groups is 1. The van der Waals surface area contributed by atoms with Gasteiger partial charge in [0.05, 0.1) is 16.5 Å². The zero-order valence-corrected chi connectivity index (χ0v) is 17.3. The quantitative estimate of drug-likeness (QED) is 0.453. The second kappa shape index (κ2) is 7.85.